The van der Waals surface area contributed by atoms with Crippen molar-refractivity contribution >= 4 is 23.2 Å². The Labute approximate surface area is 134 Å². The smallest absolute Gasteiger partial charge is 0.326 e. The van der Waals surface area contributed by atoms with E-state index in [1.54, 1.807) is 16.2 Å². The first-order valence-electron chi connectivity index (χ1n) is 7.74. The lowest BCUT2D eigenvalue weighted by Crippen LogP contribution is -2.42. The summed E-state index contributed by atoms with van der Waals surface area (Å²) in [5.41, 5.74) is 0.000671. The van der Waals surface area contributed by atoms with Gasteiger partial charge in [0.15, 0.2) is 0 Å². The lowest BCUT2D eigenvalue weighted by atomic mass is 9.76. The summed E-state index contributed by atoms with van der Waals surface area (Å²) in [5.74, 6) is -0.988. The van der Waals surface area contributed by atoms with Gasteiger partial charge in [0.1, 0.15) is 6.04 Å². The molecule has 1 atom stereocenters. The maximum atomic E-state index is 11.7. The largest absolute Gasteiger partial charge is 0.480 e. The molecule has 1 amide bonds. The lowest BCUT2D eigenvalue weighted by molar-refractivity contribution is -0.147. The number of piperidine rings is 1. The first-order valence-corrected chi connectivity index (χ1v) is 8.62. The number of carboxylic acid groups (broad SMARTS) is 1. The predicted octanol–water partition coefficient (Wildman–Crippen LogP) is 2.04. The molecule has 1 spiro atoms. The maximum absolute atomic E-state index is 11.7. The summed E-state index contributed by atoms with van der Waals surface area (Å²) in [6.45, 7) is 5.02. The molecule has 2 aliphatic heterocycles. The maximum Gasteiger partial charge on any atom is 0.326 e. The normalized spacial score (nSPS) is 24.8. The van der Waals surface area contributed by atoms with Gasteiger partial charge in [-0.3, -0.25) is 9.69 Å². The summed E-state index contributed by atoms with van der Waals surface area (Å²) in [7, 11) is 0. The second kappa shape index (κ2) is 6.01. The number of aliphatic carboxylic acids is 1. The second-order valence-electron chi connectivity index (χ2n) is 6.56. The number of thiophene rings is 1. The number of hydrogen-bond donors (Lipinski definition) is 1. The molecule has 2 saturated heterocycles. The van der Waals surface area contributed by atoms with Crippen molar-refractivity contribution in [2.24, 2.45) is 5.41 Å². The Hall–Kier alpha value is -1.40. The third-order valence-corrected chi connectivity index (χ3v) is 5.94. The van der Waals surface area contributed by atoms with Gasteiger partial charge in [-0.15, -0.1) is 11.3 Å². The molecule has 1 N–H and O–H groups in total. The molecule has 1 aromatic rings. The van der Waals surface area contributed by atoms with Crippen molar-refractivity contribution in [2.45, 2.75) is 38.8 Å². The van der Waals surface area contributed by atoms with Crippen molar-refractivity contribution in [3.63, 3.8) is 0 Å². The van der Waals surface area contributed by atoms with Gasteiger partial charge in [0.05, 0.1) is 0 Å². The molecule has 0 aliphatic carbocycles. The highest BCUT2D eigenvalue weighted by atomic mass is 32.1. The predicted molar refractivity (Wildman–Crippen MR) is 84.7 cm³/mol. The zero-order chi connectivity index (χ0) is 15.7. The van der Waals surface area contributed by atoms with E-state index < -0.39 is 12.0 Å². The first kappa shape index (κ1) is 15.5. The number of amides is 1. The van der Waals surface area contributed by atoms with Crippen LogP contribution in [0.25, 0.3) is 0 Å². The van der Waals surface area contributed by atoms with E-state index in [2.05, 4.69) is 22.4 Å². The van der Waals surface area contributed by atoms with Gasteiger partial charge < -0.3 is 10.0 Å². The Morgan fingerprint density at radius 3 is 2.64 bits per heavy atom. The zero-order valence-corrected chi connectivity index (χ0v) is 13.6. The van der Waals surface area contributed by atoms with E-state index in [0.29, 0.717) is 13.0 Å². The Kier molecular flexibility index (Phi) is 4.23. The van der Waals surface area contributed by atoms with Crippen molar-refractivity contribution in [1.82, 2.24) is 9.80 Å². The van der Waals surface area contributed by atoms with Gasteiger partial charge in [0, 0.05) is 24.9 Å². The number of rotatable bonds is 3. The number of carboxylic acids is 1. The summed E-state index contributed by atoms with van der Waals surface area (Å²) in [4.78, 5) is 28.5. The Balaban J connectivity index is 1.62. The molecule has 3 rings (SSSR count). The fraction of sp³-hybridized carbons (Fsp3) is 0.625. The van der Waals surface area contributed by atoms with E-state index in [-0.39, 0.29) is 11.3 Å². The average molecular weight is 322 g/mol. The third-order valence-electron chi connectivity index (χ3n) is 5.07. The van der Waals surface area contributed by atoms with Crippen molar-refractivity contribution in [2.75, 3.05) is 19.6 Å². The molecule has 0 saturated carbocycles. The van der Waals surface area contributed by atoms with Gasteiger partial charge in [0.25, 0.3) is 0 Å². The number of hydrogen-bond acceptors (Lipinski definition) is 4. The molecular formula is C16H22N2O3S. The van der Waals surface area contributed by atoms with Crippen LogP contribution in [-0.4, -0.2) is 52.5 Å². The molecular weight excluding hydrogens is 300 g/mol. The van der Waals surface area contributed by atoms with Crippen molar-refractivity contribution in [3.05, 3.63) is 22.4 Å². The second-order valence-corrected chi connectivity index (χ2v) is 7.59. The molecule has 1 aromatic heterocycles. The van der Waals surface area contributed by atoms with Crippen LogP contribution in [0.2, 0.25) is 0 Å². The quantitative estimate of drug-likeness (QED) is 0.925. The summed E-state index contributed by atoms with van der Waals surface area (Å²) in [6.07, 6.45) is 2.56. The molecule has 1 unspecified atom stereocenters. The molecule has 22 heavy (non-hydrogen) atoms. The van der Waals surface area contributed by atoms with Crippen LogP contribution in [-0.2, 0) is 16.1 Å². The van der Waals surface area contributed by atoms with E-state index >= 15 is 0 Å². The van der Waals surface area contributed by atoms with Crippen LogP contribution in [0.1, 0.15) is 31.1 Å². The summed E-state index contributed by atoms with van der Waals surface area (Å²) < 4.78 is 0. The Bertz CT molecular complexity index is 526. The van der Waals surface area contributed by atoms with Crippen LogP contribution in [0.3, 0.4) is 0 Å². The van der Waals surface area contributed by atoms with Gasteiger partial charge in [-0.2, -0.15) is 0 Å². The first-order chi connectivity index (χ1) is 10.5. The van der Waals surface area contributed by atoms with Gasteiger partial charge >= 0.3 is 5.97 Å². The van der Waals surface area contributed by atoms with E-state index in [1.807, 2.05) is 0 Å². The molecule has 2 aliphatic rings. The molecule has 6 heteroatoms. The number of likely N-dealkylation sites (tertiary alicyclic amines) is 2. The lowest BCUT2D eigenvalue weighted by Gasteiger charge is -2.39. The molecule has 0 radical (unpaired) electrons. The third kappa shape index (κ3) is 3.03. The topological polar surface area (TPSA) is 60.9 Å². The summed E-state index contributed by atoms with van der Waals surface area (Å²) >= 11 is 1.78. The van der Waals surface area contributed by atoms with Crippen LogP contribution in [0.4, 0.5) is 0 Å². The molecule has 0 bridgehead atoms. The van der Waals surface area contributed by atoms with Crippen LogP contribution in [0.5, 0.6) is 0 Å². The number of carbonyl (C=O) groups excluding carboxylic acids is 1. The Morgan fingerprint density at radius 1 is 1.41 bits per heavy atom. The van der Waals surface area contributed by atoms with Gasteiger partial charge in [0.2, 0.25) is 5.91 Å². The highest BCUT2D eigenvalue weighted by Gasteiger charge is 2.48. The van der Waals surface area contributed by atoms with E-state index in [0.717, 1.165) is 32.5 Å². The SMILES string of the molecule is CC(=O)N1CC2(CCN(Cc3cccs3)CC2)CC1C(=O)O. The molecule has 3 heterocycles. The van der Waals surface area contributed by atoms with Crippen LogP contribution in [0, 0.1) is 5.41 Å². The number of carbonyl (C=O) groups is 2. The molecule has 120 valence electrons. The highest BCUT2D eigenvalue weighted by Crippen LogP contribution is 2.43. The highest BCUT2D eigenvalue weighted by molar-refractivity contribution is 7.09. The van der Waals surface area contributed by atoms with Gasteiger partial charge in [-0.25, -0.2) is 4.79 Å². The average Bonchev–Trinajstić information content (AvgIpc) is 3.10. The molecule has 5 nitrogen and oxygen atoms in total. The van der Waals surface area contributed by atoms with Crippen molar-refractivity contribution in [1.29, 1.82) is 0 Å². The minimum atomic E-state index is -0.868. The van der Waals surface area contributed by atoms with Crippen molar-refractivity contribution < 1.29 is 14.7 Å². The standard InChI is InChI=1S/C16H22N2O3S/c1-12(19)18-11-16(9-14(18)15(20)21)4-6-17(7-5-16)10-13-3-2-8-22-13/h2-3,8,14H,4-7,9-11H2,1H3,(H,20,21). The van der Waals surface area contributed by atoms with Crippen molar-refractivity contribution in [3.8, 4) is 0 Å². The fourth-order valence-corrected chi connectivity index (χ4v) is 4.52. The minimum absolute atomic E-state index is 0.000671. The van der Waals surface area contributed by atoms with E-state index in [9.17, 15) is 14.7 Å². The van der Waals surface area contributed by atoms with E-state index in [1.165, 1.54) is 11.8 Å². The van der Waals surface area contributed by atoms with Gasteiger partial charge in [-0.05, 0) is 49.2 Å². The summed E-state index contributed by atoms with van der Waals surface area (Å²) in [6, 6.07) is 3.59. The van der Waals surface area contributed by atoms with Crippen LogP contribution < -0.4 is 0 Å². The monoisotopic (exact) mass is 322 g/mol. The fourth-order valence-electron chi connectivity index (χ4n) is 3.78. The summed E-state index contributed by atoms with van der Waals surface area (Å²) in [5, 5.41) is 11.5. The zero-order valence-electron chi connectivity index (χ0n) is 12.8. The van der Waals surface area contributed by atoms with Crippen LogP contribution in [0.15, 0.2) is 17.5 Å². The Morgan fingerprint density at radius 2 is 2.14 bits per heavy atom. The van der Waals surface area contributed by atoms with Crippen LogP contribution >= 0.6 is 11.3 Å². The molecule has 0 aromatic carbocycles. The number of nitrogens with zero attached hydrogens (tertiary/aromatic N) is 2. The molecule has 2 fully saturated rings. The van der Waals surface area contributed by atoms with E-state index in [4.69, 9.17) is 0 Å². The minimum Gasteiger partial charge on any atom is -0.480 e. The van der Waals surface area contributed by atoms with Gasteiger partial charge in [-0.1, -0.05) is 6.07 Å².